The summed E-state index contributed by atoms with van der Waals surface area (Å²) >= 11 is 0. The number of imidazole rings is 1. The molecule has 90 valence electrons. The van der Waals surface area contributed by atoms with Crippen LogP contribution < -0.4 is 10.5 Å². The molecule has 5 nitrogen and oxygen atoms in total. The van der Waals surface area contributed by atoms with Gasteiger partial charge in [-0.2, -0.15) is 0 Å². The molecule has 0 atom stereocenters. The average molecular weight is 232 g/mol. The maximum atomic E-state index is 5.68. The van der Waals surface area contributed by atoms with Crippen LogP contribution in [-0.2, 0) is 20.2 Å². The van der Waals surface area contributed by atoms with Crippen molar-refractivity contribution in [2.75, 3.05) is 0 Å². The van der Waals surface area contributed by atoms with Gasteiger partial charge >= 0.3 is 0 Å². The Morgan fingerprint density at radius 3 is 2.88 bits per heavy atom. The Bertz CT molecular complexity index is 507. The van der Waals surface area contributed by atoms with Gasteiger partial charge in [0.25, 0.3) is 0 Å². The molecule has 2 N–H and O–H groups in total. The molecule has 2 aromatic heterocycles. The van der Waals surface area contributed by atoms with Gasteiger partial charge in [0.1, 0.15) is 18.2 Å². The lowest BCUT2D eigenvalue weighted by molar-refractivity contribution is 0.287. The lowest BCUT2D eigenvalue weighted by atomic mass is 10.3. The third-order valence-corrected chi connectivity index (χ3v) is 2.54. The lowest BCUT2D eigenvalue weighted by Crippen LogP contribution is -2.08. The number of ether oxygens (including phenoxy) is 1. The molecule has 2 rings (SSSR count). The third-order valence-electron chi connectivity index (χ3n) is 2.54. The molecule has 0 radical (unpaired) electrons. The molecule has 2 aromatic rings. The van der Waals surface area contributed by atoms with Gasteiger partial charge in [0, 0.05) is 31.7 Å². The first-order valence-electron chi connectivity index (χ1n) is 5.46. The van der Waals surface area contributed by atoms with E-state index in [2.05, 4.69) is 9.97 Å². The van der Waals surface area contributed by atoms with E-state index in [1.165, 1.54) is 0 Å². The Balaban J connectivity index is 2.11. The quantitative estimate of drug-likeness (QED) is 0.859. The molecule has 0 spiro atoms. The summed E-state index contributed by atoms with van der Waals surface area (Å²) in [5.41, 5.74) is 7.35. The fraction of sp³-hybridized carbons (Fsp3) is 0.333. The third kappa shape index (κ3) is 2.62. The van der Waals surface area contributed by atoms with Gasteiger partial charge in [0.15, 0.2) is 0 Å². The second-order valence-electron chi connectivity index (χ2n) is 3.84. The summed E-state index contributed by atoms with van der Waals surface area (Å²) in [6.07, 6.45) is 3.63. The minimum atomic E-state index is 0.373. The van der Waals surface area contributed by atoms with Gasteiger partial charge in [-0.1, -0.05) is 0 Å². The molecule has 0 fully saturated rings. The zero-order chi connectivity index (χ0) is 12.3. The Kier molecular flexibility index (Phi) is 3.39. The number of nitrogens with two attached hydrogens (primary N) is 1. The first-order chi connectivity index (χ1) is 8.20. The van der Waals surface area contributed by atoms with Crippen LogP contribution in [0.2, 0.25) is 0 Å². The Labute approximate surface area is 100 Å². The maximum absolute atomic E-state index is 5.68. The highest BCUT2D eigenvalue weighted by Crippen LogP contribution is 2.17. The largest absolute Gasteiger partial charge is 0.484 e. The molecular weight excluding hydrogens is 216 g/mol. The van der Waals surface area contributed by atoms with E-state index in [0.29, 0.717) is 13.2 Å². The number of rotatable bonds is 4. The van der Waals surface area contributed by atoms with Crippen molar-refractivity contribution in [1.82, 2.24) is 14.5 Å². The van der Waals surface area contributed by atoms with Crippen LogP contribution in [0.4, 0.5) is 0 Å². The summed E-state index contributed by atoms with van der Waals surface area (Å²) in [7, 11) is 1.93. The highest BCUT2D eigenvalue weighted by atomic mass is 16.5. The van der Waals surface area contributed by atoms with Crippen molar-refractivity contribution in [2.24, 2.45) is 12.8 Å². The van der Waals surface area contributed by atoms with Crippen LogP contribution in [-0.4, -0.2) is 14.5 Å². The predicted molar refractivity (Wildman–Crippen MR) is 64.4 cm³/mol. The maximum Gasteiger partial charge on any atom is 0.146 e. The van der Waals surface area contributed by atoms with E-state index in [1.54, 1.807) is 6.20 Å². The van der Waals surface area contributed by atoms with Crippen molar-refractivity contribution in [1.29, 1.82) is 0 Å². The summed E-state index contributed by atoms with van der Waals surface area (Å²) in [6, 6.07) is 3.81. The Morgan fingerprint density at radius 2 is 2.24 bits per heavy atom. The zero-order valence-electron chi connectivity index (χ0n) is 10.1. The molecule has 5 heteroatoms. The fourth-order valence-electron chi connectivity index (χ4n) is 1.55. The molecule has 0 aliphatic carbocycles. The number of aryl methyl sites for hydroxylation is 2. The van der Waals surface area contributed by atoms with Crippen LogP contribution in [0, 0.1) is 6.92 Å². The Hall–Kier alpha value is -1.88. The molecule has 17 heavy (non-hydrogen) atoms. The van der Waals surface area contributed by atoms with Crippen LogP contribution in [0.5, 0.6) is 5.75 Å². The summed E-state index contributed by atoms with van der Waals surface area (Å²) in [6.45, 7) is 2.72. The first-order valence-corrected chi connectivity index (χ1v) is 5.46. The molecule has 2 heterocycles. The van der Waals surface area contributed by atoms with E-state index < -0.39 is 0 Å². The minimum Gasteiger partial charge on any atom is -0.484 e. The summed E-state index contributed by atoms with van der Waals surface area (Å²) in [5.74, 6) is 1.59. The number of hydrogen-bond donors (Lipinski definition) is 1. The van der Waals surface area contributed by atoms with Crippen molar-refractivity contribution < 1.29 is 4.74 Å². The number of aromatic nitrogens is 3. The van der Waals surface area contributed by atoms with Gasteiger partial charge in [-0.3, -0.25) is 4.98 Å². The monoisotopic (exact) mass is 232 g/mol. The SMILES string of the molecule is Cc1ccc(OCc2nccn2C)c(CN)n1. The molecule has 0 aliphatic heterocycles. The van der Waals surface area contributed by atoms with Crippen LogP contribution in [0.1, 0.15) is 17.2 Å². The van der Waals surface area contributed by atoms with E-state index in [1.807, 2.05) is 36.9 Å². The second-order valence-corrected chi connectivity index (χ2v) is 3.84. The normalized spacial score (nSPS) is 10.5. The minimum absolute atomic E-state index is 0.373. The fourth-order valence-corrected chi connectivity index (χ4v) is 1.55. The molecule has 0 amide bonds. The van der Waals surface area contributed by atoms with Gasteiger partial charge < -0.3 is 15.0 Å². The zero-order valence-corrected chi connectivity index (χ0v) is 10.1. The second kappa shape index (κ2) is 4.97. The van der Waals surface area contributed by atoms with Gasteiger partial charge in [0.05, 0.1) is 5.69 Å². The number of pyridine rings is 1. The summed E-state index contributed by atoms with van der Waals surface area (Å²) in [5, 5.41) is 0. The van der Waals surface area contributed by atoms with E-state index in [9.17, 15) is 0 Å². The van der Waals surface area contributed by atoms with Crippen molar-refractivity contribution in [2.45, 2.75) is 20.1 Å². The molecule has 0 aromatic carbocycles. The van der Waals surface area contributed by atoms with Crippen LogP contribution in [0.25, 0.3) is 0 Å². The highest BCUT2D eigenvalue weighted by molar-refractivity contribution is 5.29. The smallest absolute Gasteiger partial charge is 0.146 e. The molecular formula is C12H16N4O. The molecule has 0 aliphatic rings. The van der Waals surface area contributed by atoms with Crippen molar-refractivity contribution in [3.05, 3.63) is 41.7 Å². The van der Waals surface area contributed by atoms with E-state index in [4.69, 9.17) is 10.5 Å². The molecule has 0 unspecified atom stereocenters. The van der Waals surface area contributed by atoms with Crippen LogP contribution >= 0.6 is 0 Å². The average Bonchev–Trinajstić information content (AvgIpc) is 2.73. The van der Waals surface area contributed by atoms with Gasteiger partial charge in [-0.15, -0.1) is 0 Å². The van der Waals surface area contributed by atoms with E-state index in [-0.39, 0.29) is 0 Å². The molecule has 0 bridgehead atoms. The highest BCUT2D eigenvalue weighted by Gasteiger charge is 2.06. The van der Waals surface area contributed by atoms with Crippen molar-refractivity contribution in [3.8, 4) is 5.75 Å². The Morgan fingerprint density at radius 1 is 1.41 bits per heavy atom. The van der Waals surface area contributed by atoms with Gasteiger partial charge in [-0.25, -0.2) is 4.98 Å². The standard InChI is InChI=1S/C12H16N4O/c1-9-3-4-11(10(7-13)15-9)17-8-12-14-5-6-16(12)2/h3-6H,7-8,13H2,1-2H3. The van der Waals surface area contributed by atoms with Crippen molar-refractivity contribution in [3.63, 3.8) is 0 Å². The molecule has 0 saturated carbocycles. The summed E-state index contributed by atoms with van der Waals surface area (Å²) < 4.78 is 7.60. The summed E-state index contributed by atoms with van der Waals surface area (Å²) in [4.78, 5) is 8.53. The van der Waals surface area contributed by atoms with Gasteiger partial charge in [-0.05, 0) is 19.1 Å². The van der Waals surface area contributed by atoms with Gasteiger partial charge in [0.2, 0.25) is 0 Å². The first kappa shape index (κ1) is 11.6. The van der Waals surface area contributed by atoms with E-state index >= 15 is 0 Å². The topological polar surface area (TPSA) is 66.0 Å². The number of nitrogens with zero attached hydrogens (tertiary/aromatic N) is 3. The van der Waals surface area contributed by atoms with Crippen LogP contribution in [0.3, 0.4) is 0 Å². The molecule has 0 saturated heterocycles. The lowest BCUT2D eigenvalue weighted by Gasteiger charge is -2.10. The number of hydrogen-bond acceptors (Lipinski definition) is 4. The predicted octanol–water partition coefficient (Wildman–Crippen LogP) is 1.16. The van der Waals surface area contributed by atoms with E-state index in [0.717, 1.165) is 23.0 Å². The van der Waals surface area contributed by atoms with Crippen molar-refractivity contribution >= 4 is 0 Å². The van der Waals surface area contributed by atoms with Crippen LogP contribution in [0.15, 0.2) is 24.5 Å².